The maximum absolute atomic E-state index is 9.70. The van der Waals surface area contributed by atoms with Crippen LogP contribution in [0.2, 0.25) is 0 Å². The molecule has 6 heteroatoms. The molecular weight excluding hydrogens is 171 g/mol. The molecule has 0 radical (unpaired) electrons. The summed E-state index contributed by atoms with van der Waals surface area (Å²) in [5.41, 5.74) is 0. The van der Waals surface area contributed by atoms with Crippen molar-refractivity contribution in [3.05, 3.63) is 0 Å². The van der Waals surface area contributed by atoms with E-state index in [-0.39, 0.29) is 57.5 Å². The Balaban J connectivity index is 0.000000640. The summed E-state index contributed by atoms with van der Waals surface area (Å²) in [6.45, 7) is 0. The van der Waals surface area contributed by atoms with E-state index in [1.807, 2.05) is 0 Å². The van der Waals surface area contributed by atoms with Crippen LogP contribution < -0.4 is 51.4 Å². The summed E-state index contributed by atoms with van der Waals surface area (Å²) in [5.74, 6) is 0. The van der Waals surface area contributed by atoms with Crippen molar-refractivity contribution in [2.24, 2.45) is 0 Å². The predicted molar refractivity (Wildman–Crippen MR) is 23.8 cm³/mol. The predicted octanol–water partition coefficient (Wildman–Crippen LogP) is -3.37. The Bertz CT molecular complexity index is 170. The Hall–Kier alpha value is 1.51. The first-order chi connectivity index (χ1) is 3.58. The van der Waals surface area contributed by atoms with Crippen LogP contribution in [0.15, 0.2) is 0 Å². The molecule has 0 heterocycles. The van der Waals surface area contributed by atoms with E-state index in [9.17, 15) is 13.0 Å². The van der Waals surface area contributed by atoms with Crippen molar-refractivity contribution in [1.82, 2.24) is 0 Å². The molecule has 0 aromatic heterocycles. The molecule has 0 bridgehead atoms. The van der Waals surface area contributed by atoms with E-state index in [0.29, 0.717) is 12.8 Å². The van der Waals surface area contributed by atoms with Gasteiger partial charge in [0.2, 0.25) is 10.4 Å². The first-order valence-electron chi connectivity index (χ1n) is 2.22. The second-order valence-corrected chi connectivity index (χ2v) is 2.71. The topological polar surface area (TPSA) is 66.4 Å². The Morgan fingerprint density at radius 1 is 1.44 bits per heavy atom. The van der Waals surface area contributed by atoms with Gasteiger partial charge in [-0.15, -0.1) is 0 Å². The van der Waals surface area contributed by atoms with E-state index in [2.05, 4.69) is 4.18 Å². The van der Waals surface area contributed by atoms with Crippen LogP contribution in [0.5, 0.6) is 0 Å². The molecule has 0 atom stereocenters. The number of hydrogen-bond donors (Lipinski definition) is 0. The average Bonchev–Trinajstić information content (AvgIpc) is 2.12. The fraction of sp³-hybridized carbons (Fsp3) is 1.00. The van der Waals surface area contributed by atoms with Crippen LogP contribution in [0, 0.1) is 0 Å². The maximum atomic E-state index is 9.70. The molecule has 4 nitrogen and oxygen atoms in total. The van der Waals surface area contributed by atoms with Crippen molar-refractivity contribution in [1.29, 1.82) is 0 Å². The smallest absolute Gasteiger partial charge is 0.726 e. The molecule has 48 valence electrons. The Labute approximate surface area is 96.3 Å². The van der Waals surface area contributed by atoms with E-state index in [4.69, 9.17) is 0 Å². The minimum atomic E-state index is -4.41. The normalized spacial score (nSPS) is 18.8. The summed E-state index contributed by atoms with van der Waals surface area (Å²) in [6, 6.07) is 0. The van der Waals surface area contributed by atoms with Crippen LogP contribution in [0.25, 0.3) is 0 Å². The Morgan fingerprint density at radius 3 is 2.00 bits per heavy atom. The molecule has 0 amide bonds. The van der Waals surface area contributed by atoms with Gasteiger partial charge < -0.3 is 4.55 Å². The molecule has 0 saturated heterocycles. The second-order valence-electron chi connectivity index (χ2n) is 1.70. The third-order valence-corrected chi connectivity index (χ3v) is 1.29. The van der Waals surface area contributed by atoms with Gasteiger partial charge in [-0.05, 0) is 12.8 Å². The summed E-state index contributed by atoms with van der Waals surface area (Å²) >= 11 is 0. The summed E-state index contributed by atoms with van der Waals surface area (Å²) in [4.78, 5) is 0. The van der Waals surface area contributed by atoms with Gasteiger partial charge in [-0.1, -0.05) is 0 Å². The molecule has 0 aromatic carbocycles. The molecular formula is C3H5KO4S. The zero-order valence-electron chi connectivity index (χ0n) is 5.03. The second kappa shape index (κ2) is 3.77. The van der Waals surface area contributed by atoms with Gasteiger partial charge in [-0.25, -0.2) is 8.42 Å². The largest absolute Gasteiger partial charge is 1.00 e. The third-order valence-electron chi connectivity index (χ3n) is 0.778. The number of rotatable bonds is 2. The summed E-state index contributed by atoms with van der Waals surface area (Å²) in [7, 11) is -4.41. The first kappa shape index (κ1) is 10.5. The van der Waals surface area contributed by atoms with Crippen molar-refractivity contribution in [2.45, 2.75) is 18.9 Å². The molecule has 1 aliphatic carbocycles. The molecule has 1 aliphatic rings. The third kappa shape index (κ3) is 5.93. The summed E-state index contributed by atoms with van der Waals surface area (Å²) in [5, 5.41) is 0. The quantitative estimate of drug-likeness (QED) is 0.250. The number of hydrogen-bond acceptors (Lipinski definition) is 4. The molecule has 1 fully saturated rings. The van der Waals surface area contributed by atoms with Gasteiger partial charge in [0.15, 0.2) is 0 Å². The van der Waals surface area contributed by atoms with E-state index >= 15 is 0 Å². The van der Waals surface area contributed by atoms with E-state index in [1.165, 1.54) is 0 Å². The fourth-order valence-electron chi connectivity index (χ4n) is 0.331. The van der Waals surface area contributed by atoms with Crippen LogP contribution in [0.4, 0.5) is 0 Å². The molecule has 0 aliphatic heterocycles. The Morgan fingerprint density at radius 2 is 1.89 bits per heavy atom. The maximum Gasteiger partial charge on any atom is 1.00 e. The van der Waals surface area contributed by atoms with Gasteiger partial charge >= 0.3 is 51.4 Å². The van der Waals surface area contributed by atoms with E-state index in [1.54, 1.807) is 0 Å². The Kier molecular flexibility index (Phi) is 4.40. The van der Waals surface area contributed by atoms with Gasteiger partial charge in [0, 0.05) is 0 Å². The van der Waals surface area contributed by atoms with E-state index < -0.39 is 10.4 Å². The van der Waals surface area contributed by atoms with Crippen LogP contribution in [-0.2, 0) is 14.6 Å². The van der Waals surface area contributed by atoms with Gasteiger partial charge in [0.05, 0.1) is 6.10 Å². The van der Waals surface area contributed by atoms with Crippen molar-refractivity contribution in [3.8, 4) is 0 Å². The van der Waals surface area contributed by atoms with Crippen molar-refractivity contribution < 1.29 is 68.5 Å². The first-order valence-corrected chi connectivity index (χ1v) is 3.55. The summed E-state index contributed by atoms with van der Waals surface area (Å²) < 4.78 is 33.1. The van der Waals surface area contributed by atoms with Crippen molar-refractivity contribution in [2.75, 3.05) is 0 Å². The molecule has 0 N–H and O–H groups in total. The average molecular weight is 176 g/mol. The monoisotopic (exact) mass is 176 g/mol. The zero-order valence-corrected chi connectivity index (χ0v) is 8.97. The van der Waals surface area contributed by atoms with Gasteiger partial charge in [-0.3, -0.25) is 4.18 Å². The van der Waals surface area contributed by atoms with Crippen LogP contribution >= 0.6 is 0 Å². The SMILES string of the molecule is O=S(=O)([O-])OC1CC1.[K+]. The minimum absolute atomic E-state index is 0. The van der Waals surface area contributed by atoms with Crippen LogP contribution in [0.3, 0.4) is 0 Å². The van der Waals surface area contributed by atoms with Crippen molar-refractivity contribution >= 4 is 10.4 Å². The minimum Gasteiger partial charge on any atom is -0.726 e. The zero-order chi connectivity index (χ0) is 6.20. The summed E-state index contributed by atoms with van der Waals surface area (Å²) in [6.07, 6.45) is 1.08. The van der Waals surface area contributed by atoms with E-state index in [0.717, 1.165) is 0 Å². The standard InChI is InChI=1S/C3H6O4S.K/c4-8(5,6)7-3-1-2-3;/h3H,1-2H2,(H,4,5,6);/q;+1/p-1. The molecule has 0 spiro atoms. The molecule has 1 rings (SSSR count). The fourth-order valence-corrected chi connectivity index (χ4v) is 0.857. The molecule has 1 saturated carbocycles. The molecule has 9 heavy (non-hydrogen) atoms. The van der Waals surface area contributed by atoms with Gasteiger partial charge in [0.1, 0.15) is 0 Å². The molecule has 0 aromatic rings. The van der Waals surface area contributed by atoms with Crippen LogP contribution in [-0.4, -0.2) is 19.1 Å². The van der Waals surface area contributed by atoms with Crippen molar-refractivity contribution in [3.63, 3.8) is 0 Å². The molecule has 0 unspecified atom stereocenters. The van der Waals surface area contributed by atoms with Crippen LogP contribution in [0.1, 0.15) is 12.8 Å². The van der Waals surface area contributed by atoms with Gasteiger partial charge in [-0.2, -0.15) is 0 Å². The van der Waals surface area contributed by atoms with Gasteiger partial charge in [0.25, 0.3) is 0 Å².